The summed E-state index contributed by atoms with van der Waals surface area (Å²) in [4.78, 5) is 11.0. The molecule has 0 spiro atoms. The number of aliphatic carboxylic acids is 1. The van der Waals surface area contributed by atoms with Gasteiger partial charge in [-0.1, -0.05) is 13.0 Å². The first-order valence-electron chi connectivity index (χ1n) is 7.23. The number of nitrogens with one attached hydrogen (secondary N) is 1. The largest absolute Gasteiger partial charge is 0.479 e. The lowest BCUT2D eigenvalue weighted by Gasteiger charge is -2.17. The first-order valence-corrected chi connectivity index (χ1v) is 8.17. The Kier molecular flexibility index (Phi) is 5.52. The molecule has 6 heteroatoms. The highest BCUT2D eigenvalue weighted by atomic mass is 32.1. The highest BCUT2D eigenvalue weighted by Crippen LogP contribution is 2.26. The number of thiophene rings is 1. The molecule has 0 saturated heterocycles. The summed E-state index contributed by atoms with van der Waals surface area (Å²) in [7, 11) is 0. The highest BCUT2D eigenvalue weighted by molar-refractivity contribution is 7.08. The lowest BCUT2D eigenvalue weighted by atomic mass is 9.99. The Labute approximate surface area is 138 Å². The summed E-state index contributed by atoms with van der Waals surface area (Å²) in [5, 5.41) is 31.1. The maximum atomic E-state index is 11.0. The van der Waals surface area contributed by atoms with Crippen LogP contribution in [0.3, 0.4) is 0 Å². The summed E-state index contributed by atoms with van der Waals surface area (Å²) in [6.07, 6.45) is -1.56. The van der Waals surface area contributed by atoms with Crippen molar-refractivity contribution in [3.05, 3.63) is 51.7 Å². The minimum Gasteiger partial charge on any atom is -0.479 e. The Hall–Kier alpha value is -2.18. The van der Waals surface area contributed by atoms with Crippen molar-refractivity contribution in [3.63, 3.8) is 0 Å². The SMILES string of the molecule is CCC(Oc1ccc(C(O)C(=N)c2ccsc2)cc1C)C(=O)O. The predicted molar refractivity (Wildman–Crippen MR) is 89.6 cm³/mol. The second kappa shape index (κ2) is 7.39. The molecule has 5 nitrogen and oxygen atoms in total. The Balaban J connectivity index is 2.18. The molecule has 1 heterocycles. The first kappa shape index (κ1) is 17.2. The molecule has 2 rings (SSSR count). The van der Waals surface area contributed by atoms with Gasteiger partial charge in [0.1, 0.15) is 11.9 Å². The van der Waals surface area contributed by atoms with Crippen molar-refractivity contribution in [2.45, 2.75) is 32.5 Å². The third-order valence-corrected chi connectivity index (χ3v) is 4.22. The van der Waals surface area contributed by atoms with E-state index in [1.54, 1.807) is 38.1 Å². The molecule has 2 atom stereocenters. The number of aliphatic hydroxyl groups excluding tert-OH is 1. The zero-order valence-corrected chi connectivity index (χ0v) is 13.8. The number of hydrogen-bond donors (Lipinski definition) is 3. The number of aliphatic hydroxyl groups is 1. The van der Waals surface area contributed by atoms with Crippen LogP contribution < -0.4 is 4.74 Å². The van der Waals surface area contributed by atoms with Gasteiger partial charge in [-0.3, -0.25) is 0 Å². The molecular weight excluding hydrogens is 314 g/mol. The van der Waals surface area contributed by atoms with E-state index < -0.39 is 18.2 Å². The van der Waals surface area contributed by atoms with Crippen LogP contribution in [0.5, 0.6) is 5.75 Å². The standard InChI is InChI=1S/C17H19NO4S/c1-3-13(17(20)21)22-14-5-4-11(8-10(14)2)16(19)15(18)12-6-7-23-9-12/h4-9,13,16,18-19H,3H2,1-2H3,(H,20,21). The average molecular weight is 333 g/mol. The maximum absolute atomic E-state index is 11.0. The van der Waals surface area contributed by atoms with Gasteiger partial charge in [0.2, 0.25) is 0 Å². The van der Waals surface area contributed by atoms with Gasteiger partial charge in [-0.15, -0.1) is 0 Å². The fourth-order valence-corrected chi connectivity index (χ4v) is 2.83. The lowest BCUT2D eigenvalue weighted by Crippen LogP contribution is -2.26. The van der Waals surface area contributed by atoms with Crippen molar-refractivity contribution in [1.29, 1.82) is 5.41 Å². The van der Waals surface area contributed by atoms with E-state index in [-0.39, 0.29) is 5.71 Å². The van der Waals surface area contributed by atoms with Gasteiger partial charge in [0, 0.05) is 5.56 Å². The summed E-state index contributed by atoms with van der Waals surface area (Å²) in [5.41, 5.74) is 2.13. The van der Waals surface area contributed by atoms with E-state index >= 15 is 0 Å². The lowest BCUT2D eigenvalue weighted by molar-refractivity contribution is -0.145. The zero-order chi connectivity index (χ0) is 17.0. The summed E-state index contributed by atoms with van der Waals surface area (Å²) < 4.78 is 5.49. The quantitative estimate of drug-likeness (QED) is 0.677. The van der Waals surface area contributed by atoms with Crippen molar-refractivity contribution in [2.75, 3.05) is 0 Å². The average Bonchev–Trinajstić information content (AvgIpc) is 3.06. The third kappa shape index (κ3) is 3.97. The Morgan fingerprint density at radius 2 is 2.13 bits per heavy atom. The van der Waals surface area contributed by atoms with Crippen LogP contribution in [-0.4, -0.2) is 28.0 Å². The molecule has 2 aromatic rings. The van der Waals surface area contributed by atoms with Crippen molar-refractivity contribution in [2.24, 2.45) is 0 Å². The van der Waals surface area contributed by atoms with Gasteiger partial charge in [-0.2, -0.15) is 11.3 Å². The minimum absolute atomic E-state index is 0.135. The van der Waals surface area contributed by atoms with Crippen LogP contribution in [0.1, 0.15) is 36.1 Å². The molecule has 0 amide bonds. The van der Waals surface area contributed by atoms with Crippen LogP contribution in [0.2, 0.25) is 0 Å². The third-order valence-electron chi connectivity index (χ3n) is 3.54. The number of hydrogen-bond acceptors (Lipinski definition) is 5. The van der Waals surface area contributed by atoms with Gasteiger partial charge in [-0.05, 0) is 53.4 Å². The molecule has 3 N–H and O–H groups in total. The van der Waals surface area contributed by atoms with E-state index in [4.69, 9.17) is 15.3 Å². The number of rotatable bonds is 7. The van der Waals surface area contributed by atoms with E-state index in [2.05, 4.69) is 0 Å². The molecule has 0 saturated carbocycles. The number of carboxylic acids is 1. The van der Waals surface area contributed by atoms with E-state index in [1.165, 1.54) is 11.3 Å². The normalized spacial score (nSPS) is 13.3. The van der Waals surface area contributed by atoms with E-state index in [0.29, 0.717) is 23.3 Å². The number of carboxylic acid groups (broad SMARTS) is 1. The molecule has 1 aromatic carbocycles. The number of aryl methyl sites for hydroxylation is 1. The molecule has 0 aliphatic rings. The second-order valence-corrected chi connectivity index (χ2v) is 5.99. The summed E-state index contributed by atoms with van der Waals surface area (Å²) >= 11 is 1.47. The Bertz CT molecular complexity index is 697. The van der Waals surface area contributed by atoms with Crippen LogP contribution in [-0.2, 0) is 4.79 Å². The van der Waals surface area contributed by atoms with Gasteiger partial charge in [-0.25, -0.2) is 4.79 Å². The summed E-state index contributed by atoms with van der Waals surface area (Å²) in [6.45, 7) is 3.53. The van der Waals surface area contributed by atoms with Crippen LogP contribution in [0, 0.1) is 12.3 Å². The van der Waals surface area contributed by atoms with E-state index in [0.717, 1.165) is 5.56 Å². The molecule has 1 aromatic heterocycles. The summed E-state index contributed by atoms with van der Waals surface area (Å²) in [6, 6.07) is 6.80. The number of benzene rings is 1. The molecule has 0 aliphatic carbocycles. The van der Waals surface area contributed by atoms with Crippen molar-refractivity contribution in [3.8, 4) is 5.75 Å². The van der Waals surface area contributed by atoms with Crippen LogP contribution in [0.15, 0.2) is 35.0 Å². The maximum Gasteiger partial charge on any atom is 0.344 e. The monoisotopic (exact) mass is 333 g/mol. The highest BCUT2D eigenvalue weighted by Gasteiger charge is 2.20. The Morgan fingerprint density at radius 1 is 1.39 bits per heavy atom. The minimum atomic E-state index is -1.03. The molecule has 0 radical (unpaired) electrons. The Morgan fingerprint density at radius 3 is 2.65 bits per heavy atom. The van der Waals surface area contributed by atoms with Gasteiger partial charge in [0.25, 0.3) is 0 Å². The smallest absolute Gasteiger partial charge is 0.344 e. The molecule has 23 heavy (non-hydrogen) atoms. The molecule has 0 aliphatic heterocycles. The first-order chi connectivity index (χ1) is 10.9. The van der Waals surface area contributed by atoms with Crippen LogP contribution >= 0.6 is 11.3 Å². The van der Waals surface area contributed by atoms with Gasteiger partial charge in [0.05, 0.1) is 5.71 Å². The van der Waals surface area contributed by atoms with Crippen molar-refractivity contribution in [1.82, 2.24) is 0 Å². The van der Waals surface area contributed by atoms with Crippen LogP contribution in [0.4, 0.5) is 0 Å². The van der Waals surface area contributed by atoms with Crippen molar-refractivity contribution < 1.29 is 19.7 Å². The number of ether oxygens (including phenoxy) is 1. The molecule has 122 valence electrons. The zero-order valence-electron chi connectivity index (χ0n) is 12.9. The van der Waals surface area contributed by atoms with Gasteiger partial charge >= 0.3 is 5.97 Å². The number of carbonyl (C=O) groups is 1. The molecule has 2 unspecified atom stereocenters. The van der Waals surface area contributed by atoms with E-state index in [9.17, 15) is 9.90 Å². The van der Waals surface area contributed by atoms with E-state index in [1.807, 2.05) is 10.8 Å². The molecular formula is C17H19NO4S. The molecule has 0 bridgehead atoms. The van der Waals surface area contributed by atoms with Crippen LogP contribution in [0.25, 0.3) is 0 Å². The van der Waals surface area contributed by atoms with Crippen molar-refractivity contribution >= 4 is 23.0 Å². The topological polar surface area (TPSA) is 90.6 Å². The summed E-state index contributed by atoms with van der Waals surface area (Å²) in [5.74, 6) is -0.535. The second-order valence-electron chi connectivity index (χ2n) is 5.21. The fourth-order valence-electron chi connectivity index (χ4n) is 2.18. The predicted octanol–water partition coefficient (Wildman–Crippen LogP) is 3.40. The molecule has 0 fully saturated rings. The fraction of sp³-hybridized carbons (Fsp3) is 0.294. The van der Waals surface area contributed by atoms with Gasteiger partial charge < -0.3 is 20.4 Å². The van der Waals surface area contributed by atoms with Gasteiger partial charge in [0.15, 0.2) is 6.10 Å².